The van der Waals surface area contributed by atoms with Crippen molar-refractivity contribution in [3.63, 3.8) is 0 Å². The third-order valence-corrected chi connectivity index (χ3v) is 2.57. The first-order valence-electron chi connectivity index (χ1n) is 6.60. The third kappa shape index (κ3) is 3.79. The van der Waals surface area contributed by atoms with E-state index >= 15 is 0 Å². The Balaban J connectivity index is 2.07. The second-order valence-corrected chi connectivity index (χ2v) is 4.15. The van der Waals surface area contributed by atoms with Gasteiger partial charge in [0.1, 0.15) is 5.75 Å². The zero-order chi connectivity index (χ0) is 13.5. The molecule has 5 heteroatoms. The number of ether oxygens (including phenoxy) is 1. The van der Waals surface area contributed by atoms with Gasteiger partial charge in [-0.1, -0.05) is 24.2 Å². The lowest BCUT2D eigenvalue weighted by atomic mass is 10.2. The summed E-state index contributed by atoms with van der Waals surface area (Å²) in [6, 6.07) is 7.69. The van der Waals surface area contributed by atoms with Crippen LogP contribution in [0.3, 0.4) is 0 Å². The molecule has 0 aliphatic carbocycles. The molecule has 2 aromatic rings. The minimum atomic E-state index is 0.592. The second-order valence-electron chi connectivity index (χ2n) is 4.15. The molecule has 5 nitrogen and oxygen atoms in total. The van der Waals surface area contributed by atoms with Crippen LogP contribution in [0, 0.1) is 0 Å². The maximum atomic E-state index is 5.46. The van der Waals surface area contributed by atoms with Crippen LogP contribution in [0.25, 0.3) is 11.4 Å². The Morgan fingerprint density at radius 2 is 2.21 bits per heavy atom. The van der Waals surface area contributed by atoms with Gasteiger partial charge < -0.3 is 14.6 Å². The van der Waals surface area contributed by atoms with Gasteiger partial charge in [-0.25, -0.2) is 0 Å². The van der Waals surface area contributed by atoms with Gasteiger partial charge in [0.2, 0.25) is 11.7 Å². The van der Waals surface area contributed by atoms with Crippen LogP contribution in [0.5, 0.6) is 5.75 Å². The molecular formula is C14H19N3O2. The van der Waals surface area contributed by atoms with E-state index in [1.54, 1.807) is 0 Å². The minimum absolute atomic E-state index is 0.592. The summed E-state index contributed by atoms with van der Waals surface area (Å²) in [5, 5.41) is 7.21. The highest BCUT2D eigenvalue weighted by molar-refractivity contribution is 5.56. The quantitative estimate of drug-likeness (QED) is 0.776. The first-order chi connectivity index (χ1) is 9.33. The lowest BCUT2D eigenvalue weighted by molar-refractivity contribution is 0.340. The van der Waals surface area contributed by atoms with Gasteiger partial charge in [0, 0.05) is 5.56 Å². The number of aromatic nitrogens is 2. The molecule has 1 N–H and O–H groups in total. The van der Waals surface area contributed by atoms with E-state index < -0.39 is 0 Å². The molecule has 0 aliphatic heterocycles. The fraction of sp³-hybridized carbons (Fsp3) is 0.429. The second kappa shape index (κ2) is 6.89. The van der Waals surface area contributed by atoms with Crippen LogP contribution >= 0.6 is 0 Å². The smallest absolute Gasteiger partial charge is 0.240 e. The molecule has 1 aromatic carbocycles. The molecule has 0 aliphatic rings. The Bertz CT molecular complexity index is 511. The standard InChI is InChI=1S/C14H19N3O2/c1-3-8-15-10-13-16-14(17-19-13)11-6-5-7-12(9-11)18-4-2/h5-7,9,15H,3-4,8,10H2,1-2H3. The molecule has 0 unspecified atom stereocenters. The molecule has 19 heavy (non-hydrogen) atoms. The molecule has 1 heterocycles. The number of hydrogen-bond acceptors (Lipinski definition) is 5. The summed E-state index contributed by atoms with van der Waals surface area (Å²) < 4.78 is 10.7. The van der Waals surface area contributed by atoms with E-state index in [1.807, 2.05) is 31.2 Å². The molecule has 0 fully saturated rings. The van der Waals surface area contributed by atoms with Crippen molar-refractivity contribution >= 4 is 0 Å². The summed E-state index contributed by atoms with van der Waals surface area (Å²) in [7, 11) is 0. The Hall–Kier alpha value is -1.88. The summed E-state index contributed by atoms with van der Waals surface area (Å²) in [5.74, 6) is 2.01. The number of nitrogens with zero attached hydrogens (tertiary/aromatic N) is 2. The fourth-order valence-corrected chi connectivity index (χ4v) is 1.71. The molecule has 2 rings (SSSR count). The van der Waals surface area contributed by atoms with Crippen LogP contribution in [0.4, 0.5) is 0 Å². The van der Waals surface area contributed by atoms with Crippen LogP contribution in [0.2, 0.25) is 0 Å². The molecule has 0 atom stereocenters. The van der Waals surface area contributed by atoms with Crippen LogP contribution < -0.4 is 10.1 Å². The fourth-order valence-electron chi connectivity index (χ4n) is 1.71. The third-order valence-electron chi connectivity index (χ3n) is 2.57. The van der Waals surface area contributed by atoms with Gasteiger partial charge in [-0.3, -0.25) is 0 Å². The summed E-state index contributed by atoms with van der Waals surface area (Å²) in [6.07, 6.45) is 1.08. The topological polar surface area (TPSA) is 60.2 Å². The van der Waals surface area contributed by atoms with Crippen LogP contribution in [0.1, 0.15) is 26.2 Å². The molecule has 102 valence electrons. The van der Waals surface area contributed by atoms with E-state index in [4.69, 9.17) is 9.26 Å². The minimum Gasteiger partial charge on any atom is -0.494 e. The van der Waals surface area contributed by atoms with E-state index in [2.05, 4.69) is 22.4 Å². The van der Waals surface area contributed by atoms with Gasteiger partial charge in [0.25, 0.3) is 0 Å². The summed E-state index contributed by atoms with van der Waals surface area (Å²) in [5.41, 5.74) is 0.899. The zero-order valence-electron chi connectivity index (χ0n) is 11.3. The first-order valence-corrected chi connectivity index (χ1v) is 6.60. The van der Waals surface area contributed by atoms with E-state index in [0.717, 1.165) is 24.3 Å². The van der Waals surface area contributed by atoms with E-state index in [0.29, 0.717) is 24.9 Å². The average Bonchev–Trinajstić information content (AvgIpc) is 2.89. The van der Waals surface area contributed by atoms with Crippen molar-refractivity contribution in [1.29, 1.82) is 0 Å². The first kappa shape index (κ1) is 13.5. The summed E-state index contributed by atoms with van der Waals surface area (Å²) >= 11 is 0. The highest BCUT2D eigenvalue weighted by Gasteiger charge is 2.08. The van der Waals surface area contributed by atoms with Crippen LogP contribution in [-0.2, 0) is 6.54 Å². The maximum Gasteiger partial charge on any atom is 0.240 e. The number of hydrogen-bond donors (Lipinski definition) is 1. The van der Waals surface area contributed by atoms with Crippen molar-refractivity contribution in [2.24, 2.45) is 0 Å². The molecule has 1 aromatic heterocycles. The van der Waals surface area contributed by atoms with Crippen LogP contribution in [-0.4, -0.2) is 23.3 Å². The van der Waals surface area contributed by atoms with Gasteiger partial charge >= 0.3 is 0 Å². The lowest BCUT2D eigenvalue weighted by Crippen LogP contribution is -2.13. The highest BCUT2D eigenvalue weighted by Crippen LogP contribution is 2.21. The average molecular weight is 261 g/mol. The number of benzene rings is 1. The van der Waals surface area contributed by atoms with Crippen molar-refractivity contribution in [1.82, 2.24) is 15.5 Å². The number of nitrogens with one attached hydrogen (secondary N) is 1. The normalized spacial score (nSPS) is 10.6. The number of rotatable bonds is 7. The van der Waals surface area contributed by atoms with Gasteiger partial charge in [-0.15, -0.1) is 0 Å². The predicted molar refractivity (Wildman–Crippen MR) is 72.9 cm³/mol. The Morgan fingerprint density at radius 3 is 3.00 bits per heavy atom. The lowest BCUT2D eigenvalue weighted by Gasteiger charge is -2.03. The molecule has 0 spiro atoms. The Labute approximate surface area is 113 Å². The largest absolute Gasteiger partial charge is 0.494 e. The Morgan fingerprint density at radius 1 is 1.32 bits per heavy atom. The van der Waals surface area contributed by atoms with Crippen molar-refractivity contribution in [3.05, 3.63) is 30.2 Å². The molecule has 0 saturated carbocycles. The Kier molecular flexibility index (Phi) is 4.92. The summed E-state index contributed by atoms with van der Waals surface area (Å²) in [4.78, 5) is 4.36. The van der Waals surface area contributed by atoms with Crippen molar-refractivity contribution in [2.75, 3.05) is 13.2 Å². The van der Waals surface area contributed by atoms with Crippen molar-refractivity contribution in [2.45, 2.75) is 26.8 Å². The van der Waals surface area contributed by atoms with Crippen molar-refractivity contribution < 1.29 is 9.26 Å². The zero-order valence-corrected chi connectivity index (χ0v) is 11.3. The molecular weight excluding hydrogens is 242 g/mol. The van der Waals surface area contributed by atoms with Gasteiger partial charge in [-0.2, -0.15) is 4.98 Å². The van der Waals surface area contributed by atoms with E-state index in [9.17, 15) is 0 Å². The highest BCUT2D eigenvalue weighted by atomic mass is 16.5. The van der Waals surface area contributed by atoms with Gasteiger partial charge in [0.05, 0.1) is 13.2 Å². The van der Waals surface area contributed by atoms with E-state index in [1.165, 1.54) is 0 Å². The van der Waals surface area contributed by atoms with Crippen LogP contribution in [0.15, 0.2) is 28.8 Å². The predicted octanol–water partition coefficient (Wildman–Crippen LogP) is 2.63. The van der Waals surface area contributed by atoms with Gasteiger partial charge in [0.15, 0.2) is 0 Å². The van der Waals surface area contributed by atoms with Crippen molar-refractivity contribution in [3.8, 4) is 17.1 Å². The molecule has 0 bridgehead atoms. The summed E-state index contributed by atoms with van der Waals surface area (Å²) in [6.45, 7) is 6.26. The molecule has 0 saturated heterocycles. The van der Waals surface area contributed by atoms with Gasteiger partial charge in [-0.05, 0) is 32.0 Å². The SMILES string of the molecule is CCCNCc1nc(-c2cccc(OCC)c2)no1. The molecule has 0 amide bonds. The van der Waals surface area contributed by atoms with E-state index in [-0.39, 0.29) is 0 Å². The maximum absolute atomic E-state index is 5.46. The molecule has 0 radical (unpaired) electrons. The monoisotopic (exact) mass is 261 g/mol.